The molecule has 2 N–H and O–H groups in total. The number of ether oxygens (including phenoxy) is 2. The molecule has 2 aromatic carbocycles. The summed E-state index contributed by atoms with van der Waals surface area (Å²) in [5, 5.41) is 4.04. The molecule has 0 radical (unpaired) electrons. The van der Waals surface area contributed by atoms with Crippen molar-refractivity contribution in [3.8, 4) is 33.9 Å². The lowest BCUT2D eigenvalue weighted by Crippen LogP contribution is -2.29. The number of nitrogens with zero attached hydrogens (tertiary/aromatic N) is 1. The Hall–Kier alpha value is -3.12. The van der Waals surface area contributed by atoms with Crippen LogP contribution in [-0.2, 0) is 11.2 Å². The van der Waals surface area contributed by atoms with Gasteiger partial charge in [-0.2, -0.15) is 0 Å². The number of methoxy groups -OCH3 is 2. The maximum absolute atomic E-state index is 12.6. The number of aryl methyl sites for hydroxylation is 1. The van der Waals surface area contributed by atoms with E-state index in [2.05, 4.69) is 11.2 Å². The van der Waals surface area contributed by atoms with Gasteiger partial charge in [-0.1, -0.05) is 25.1 Å². The number of rotatable bonds is 9. The van der Waals surface area contributed by atoms with Crippen LogP contribution in [0, 0.1) is 19.8 Å². The van der Waals surface area contributed by atoms with Crippen molar-refractivity contribution in [3.05, 3.63) is 53.2 Å². The zero-order valence-corrected chi connectivity index (χ0v) is 19.7. The summed E-state index contributed by atoms with van der Waals surface area (Å²) in [5.74, 6) is 2.46. The second-order valence-electron chi connectivity index (χ2n) is 8.54. The molecule has 1 unspecified atom stereocenters. The molecule has 0 spiro atoms. The Balaban J connectivity index is 1.97. The molecule has 1 aromatic heterocycles. The van der Waals surface area contributed by atoms with Gasteiger partial charge in [0.25, 0.3) is 0 Å². The van der Waals surface area contributed by atoms with E-state index in [0.717, 1.165) is 39.1 Å². The summed E-state index contributed by atoms with van der Waals surface area (Å²) in [6.45, 7) is 8.11. The third-order valence-corrected chi connectivity index (χ3v) is 5.97. The summed E-state index contributed by atoms with van der Waals surface area (Å²) >= 11 is 0. The van der Waals surface area contributed by atoms with E-state index in [9.17, 15) is 4.79 Å². The molecule has 0 bridgehead atoms. The molecule has 0 saturated carbocycles. The molecule has 0 aliphatic rings. The highest BCUT2D eigenvalue weighted by Gasteiger charge is 2.19. The van der Waals surface area contributed by atoms with Crippen LogP contribution in [0.5, 0.6) is 11.5 Å². The number of carbonyl (C=O) groups excluding carboxylic acids is 1. The fraction of sp³-hybridized carbons (Fsp3) is 0.385. The maximum atomic E-state index is 12.6. The van der Waals surface area contributed by atoms with Crippen molar-refractivity contribution in [3.63, 3.8) is 0 Å². The van der Waals surface area contributed by atoms with Gasteiger partial charge in [-0.3, -0.25) is 4.79 Å². The third-order valence-electron chi connectivity index (χ3n) is 5.97. The van der Waals surface area contributed by atoms with E-state index in [1.807, 2.05) is 52.0 Å². The Kier molecular flexibility index (Phi) is 7.36. The monoisotopic (exact) mass is 436 g/mol. The zero-order valence-electron chi connectivity index (χ0n) is 19.7. The van der Waals surface area contributed by atoms with E-state index in [1.54, 1.807) is 20.4 Å². The molecule has 3 rings (SSSR count). The lowest BCUT2D eigenvalue weighted by molar-refractivity contribution is -0.119. The molecule has 0 fully saturated rings. The molecular weight excluding hydrogens is 404 g/mol. The Morgan fingerprint density at radius 3 is 2.44 bits per heavy atom. The quantitative estimate of drug-likeness (QED) is 0.500. The number of nitrogens with two attached hydrogens (primary N) is 1. The van der Waals surface area contributed by atoms with Crippen molar-refractivity contribution < 1.29 is 18.8 Å². The average molecular weight is 437 g/mol. The van der Waals surface area contributed by atoms with Gasteiger partial charge in [0.2, 0.25) is 0 Å². The van der Waals surface area contributed by atoms with Crippen LogP contribution >= 0.6 is 0 Å². The lowest BCUT2D eigenvalue weighted by Gasteiger charge is -2.15. The van der Waals surface area contributed by atoms with Gasteiger partial charge in [-0.05, 0) is 60.7 Å². The van der Waals surface area contributed by atoms with Crippen LogP contribution in [0.3, 0.4) is 0 Å². The predicted octanol–water partition coefficient (Wildman–Crippen LogP) is 5.13. The van der Waals surface area contributed by atoms with Crippen molar-refractivity contribution in [2.45, 2.75) is 46.6 Å². The standard InChI is InChI=1S/C26H32N2O4/c1-15(2)23(27)13-21(29)11-19-10-18(7-8-24(19)30-5)22-14-28-32-26(22)20-9-16(3)17(4)25(12-20)31-6/h7-10,12,14-15,23H,11,13,27H2,1-6H3. The van der Waals surface area contributed by atoms with Crippen LogP contribution in [0.15, 0.2) is 41.1 Å². The third kappa shape index (κ3) is 5.02. The van der Waals surface area contributed by atoms with Crippen molar-refractivity contribution in [1.82, 2.24) is 5.16 Å². The zero-order chi connectivity index (χ0) is 23.4. The van der Waals surface area contributed by atoms with Crippen LogP contribution in [-0.4, -0.2) is 31.2 Å². The van der Waals surface area contributed by atoms with E-state index in [0.29, 0.717) is 17.9 Å². The van der Waals surface area contributed by atoms with Crippen LogP contribution in [0.4, 0.5) is 0 Å². The number of ketones is 1. The van der Waals surface area contributed by atoms with E-state index in [1.165, 1.54) is 0 Å². The molecule has 32 heavy (non-hydrogen) atoms. The smallest absolute Gasteiger partial charge is 0.174 e. The SMILES string of the molecule is COc1ccc(-c2cnoc2-c2cc(C)c(C)c(OC)c2)cc1CC(=O)CC(N)C(C)C. The Morgan fingerprint density at radius 2 is 1.78 bits per heavy atom. The first-order valence-corrected chi connectivity index (χ1v) is 10.8. The van der Waals surface area contributed by atoms with Crippen molar-refractivity contribution in [2.24, 2.45) is 11.7 Å². The minimum Gasteiger partial charge on any atom is -0.496 e. The summed E-state index contributed by atoms with van der Waals surface area (Å²) in [5.41, 5.74) is 11.7. The molecule has 0 saturated heterocycles. The van der Waals surface area contributed by atoms with Crippen LogP contribution in [0.2, 0.25) is 0 Å². The molecule has 6 nitrogen and oxygen atoms in total. The van der Waals surface area contributed by atoms with Crippen molar-refractivity contribution in [2.75, 3.05) is 14.2 Å². The minimum absolute atomic E-state index is 0.0890. The average Bonchev–Trinajstić information content (AvgIpc) is 3.25. The van der Waals surface area contributed by atoms with Crippen molar-refractivity contribution >= 4 is 5.78 Å². The molecule has 170 valence electrons. The van der Waals surface area contributed by atoms with E-state index in [-0.39, 0.29) is 24.2 Å². The summed E-state index contributed by atoms with van der Waals surface area (Å²) in [4.78, 5) is 12.6. The number of hydrogen-bond donors (Lipinski definition) is 1. The summed E-state index contributed by atoms with van der Waals surface area (Å²) in [6.07, 6.45) is 2.29. The number of aromatic nitrogens is 1. The van der Waals surface area contributed by atoms with Gasteiger partial charge in [0.15, 0.2) is 5.76 Å². The number of benzene rings is 2. The maximum Gasteiger partial charge on any atom is 0.174 e. The largest absolute Gasteiger partial charge is 0.496 e. The summed E-state index contributed by atoms with van der Waals surface area (Å²) < 4.78 is 16.7. The highest BCUT2D eigenvalue weighted by molar-refractivity contribution is 5.84. The Bertz CT molecular complexity index is 1100. The van der Waals surface area contributed by atoms with E-state index < -0.39 is 0 Å². The van der Waals surface area contributed by atoms with Gasteiger partial charge >= 0.3 is 0 Å². The highest BCUT2D eigenvalue weighted by atomic mass is 16.5. The molecule has 6 heteroatoms. The minimum atomic E-state index is -0.152. The number of carbonyl (C=O) groups is 1. The first kappa shape index (κ1) is 23.5. The Labute approximate surface area is 189 Å². The van der Waals surface area contributed by atoms with E-state index >= 15 is 0 Å². The molecule has 1 atom stereocenters. The lowest BCUT2D eigenvalue weighted by atomic mass is 9.94. The van der Waals surface area contributed by atoms with Crippen molar-refractivity contribution in [1.29, 1.82) is 0 Å². The van der Waals surface area contributed by atoms with Gasteiger partial charge < -0.3 is 19.7 Å². The normalized spacial score (nSPS) is 12.1. The second-order valence-corrected chi connectivity index (χ2v) is 8.54. The summed E-state index contributed by atoms with van der Waals surface area (Å²) in [7, 11) is 3.26. The van der Waals surface area contributed by atoms with Gasteiger partial charge in [0, 0.05) is 35.6 Å². The van der Waals surface area contributed by atoms with Gasteiger partial charge in [-0.15, -0.1) is 0 Å². The fourth-order valence-corrected chi connectivity index (χ4v) is 3.69. The van der Waals surface area contributed by atoms with Gasteiger partial charge in [0.05, 0.1) is 20.4 Å². The number of hydrogen-bond acceptors (Lipinski definition) is 6. The topological polar surface area (TPSA) is 87.6 Å². The van der Waals surface area contributed by atoms with Gasteiger partial charge in [0.1, 0.15) is 17.3 Å². The molecular formula is C26H32N2O4. The summed E-state index contributed by atoms with van der Waals surface area (Å²) in [6, 6.07) is 9.64. The first-order chi connectivity index (χ1) is 15.2. The molecule has 1 heterocycles. The van der Waals surface area contributed by atoms with Crippen LogP contribution < -0.4 is 15.2 Å². The van der Waals surface area contributed by atoms with Crippen LogP contribution in [0.1, 0.15) is 37.0 Å². The van der Waals surface area contributed by atoms with E-state index in [4.69, 9.17) is 19.7 Å². The fourth-order valence-electron chi connectivity index (χ4n) is 3.69. The Morgan fingerprint density at radius 1 is 1.06 bits per heavy atom. The first-order valence-electron chi connectivity index (χ1n) is 10.8. The highest BCUT2D eigenvalue weighted by Crippen LogP contribution is 2.37. The second kappa shape index (κ2) is 10.0. The van der Waals surface area contributed by atoms with Crippen LogP contribution in [0.25, 0.3) is 22.5 Å². The van der Waals surface area contributed by atoms with Gasteiger partial charge in [-0.25, -0.2) is 0 Å². The molecule has 3 aromatic rings. The number of Topliss-reactive ketones (excluding diaryl/α,β-unsaturated/α-hetero) is 1. The molecule has 0 aliphatic carbocycles. The molecule has 0 aliphatic heterocycles. The molecule has 0 amide bonds. The predicted molar refractivity (Wildman–Crippen MR) is 126 cm³/mol.